The minimum Gasteiger partial charge on any atom is -0.462 e. The molecule has 33 heavy (non-hydrogen) atoms. The molecule has 2 aromatic carbocycles. The summed E-state index contributed by atoms with van der Waals surface area (Å²) in [6.45, 7) is 6.99. The molecule has 4 rings (SSSR count). The largest absolute Gasteiger partial charge is 0.462 e. The first-order chi connectivity index (χ1) is 15.5. The summed E-state index contributed by atoms with van der Waals surface area (Å²) in [5, 5.41) is 6.24. The van der Waals surface area contributed by atoms with Gasteiger partial charge in [-0.05, 0) is 31.0 Å². The highest BCUT2D eigenvalue weighted by Crippen LogP contribution is 2.39. The van der Waals surface area contributed by atoms with Gasteiger partial charge in [-0.1, -0.05) is 26.0 Å². The van der Waals surface area contributed by atoms with Gasteiger partial charge in [0.25, 0.3) is 0 Å². The van der Waals surface area contributed by atoms with Gasteiger partial charge in [-0.25, -0.2) is 4.39 Å². The van der Waals surface area contributed by atoms with E-state index in [1.54, 1.807) is 6.07 Å². The summed E-state index contributed by atoms with van der Waals surface area (Å²) in [4.78, 5) is 8.48. The van der Waals surface area contributed by atoms with Gasteiger partial charge in [-0.2, -0.15) is 23.1 Å². The minimum atomic E-state index is -4.53. The van der Waals surface area contributed by atoms with Gasteiger partial charge in [0, 0.05) is 29.8 Å². The van der Waals surface area contributed by atoms with Crippen molar-refractivity contribution in [3.8, 4) is 6.01 Å². The van der Waals surface area contributed by atoms with Crippen LogP contribution in [0.1, 0.15) is 25.0 Å². The van der Waals surface area contributed by atoms with Crippen molar-refractivity contribution >= 4 is 34.9 Å². The second-order valence-corrected chi connectivity index (χ2v) is 10.7. The van der Waals surface area contributed by atoms with Crippen LogP contribution < -0.4 is 20.7 Å². The molecule has 0 saturated carbocycles. The average Bonchev–Trinajstić information content (AvgIpc) is 2.77. The Morgan fingerprint density at radius 2 is 1.82 bits per heavy atom. The van der Waals surface area contributed by atoms with Crippen molar-refractivity contribution in [2.45, 2.75) is 26.6 Å². The van der Waals surface area contributed by atoms with Crippen LogP contribution in [0.2, 0.25) is 0 Å². The summed E-state index contributed by atoms with van der Waals surface area (Å²) in [6, 6.07) is 6.46. The highest BCUT2D eigenvalue weighted by Gasteiger charge is 2.34. The van der Waals surface area contributed by atoms with Gasteiger partial charge in [0.1, 0.15) is 25.4 Å². The number of alkyl halides is 3. The van der Waals surface area contributed by atoms with Crippen LogP contribution in [0.5, 0.6) is 6.01 Å². The molecule has 0 spiro atoms. The number of nitrogens with zero attached hydrogens (tertiary/aromatic N) is 2. The lowest BCUT2D eigenvalue weighted by atomic mass is 10.1. The standard InChI is InChI=1S/C20H19F4N4O2P.C2H6/c1-31(2,29)16-8-12-15(9-14(16)21)27-19-28-18(12)26-10-11-4-3-5-13(20(22,23)24)17(11)25-6-7-30-19;1-2/h3-5,8-9,25H,6-7,10H2,1-2H3,(H,26,27,28);1-2H3. The predicted molar refractivity (Wildman–Crippen MR) is 123 cm³/mol. The Morgan fingerprint density at radius 3 is 2.48 bits per heavy atom. The Balaban J connectivity index is 0.00000149. The van der Waals surface area contributed by atoms with E-state index in [1.807, 2.05) is 13.8 Å². The molecule has 178 valence electrons. The lowest BCUT2D eigenvalue weighted by Crippen LogP contribution is -2.17. The Bertz CT molecular complexity index is 1210. The zero-order valence-corrected chi connectivity index (χ0v) is 19.6. The first kappa shape index (κ1) is 24.8. The summed E-state index contributed by atoms with van der Waals surface area (Å²) in [7, 11) is -2.93. The number of halogens is 4. The second-order valence-electron chi connectivity index (χ2n) is 7.49. The Morgan fingerprint density at radius 1 is 1.09 bits per heavy atom. The number of ether oxygens (including phenoxy) is 1. The normalized spacial score (nSPS) is 13.9. The number of hydrogen-bond acceptors (Lipinski definition) is 6. The van der Waals surface area contributed by atoms with Crippen LogP contribution in [-0.4, -0.2) is 36.4 Å². The molecule has 6 nitrogen and oxygen atoms in total. The zero-order valence-electron chi connectivity index (χ0n) is 18.7. The van der Waals surface area contributed by atoms with E-state index in [2.05, 4.69) is 20.6 Å². The fraction of sp³-hybridized carbons (Fsp3) is 0.364. The molecule has 0 amide bonds. The van der Waals surface area contributed by atoms with E-state index in [1.165, 1.54) is 25.5 Å². The van der Waals surface area contributed by atoms with Gasteiger partial charge in [0.15, 0.2) is 0 Å². The first-order valence-corrected chi connectivity index (χ1v) is 13.0. The predicted octanol–water partition coefficient (Wildman–Crippen LogP) is 5.48. The topological polar surface area (TPSA) is 76.1 Å². The molecule has 3 aromatic rings. The fourth-order valence-electron chi connectivity index (χ4n) is 3.42. The van der Waals surface area contributed by atoms with Crippen molar-refractivity contribution < 1.29 is 26.9 Å². The maximum absolute atomic E-state index is 14.5. The lowest BCUT2D eigenvalue weighted by molar-refractivity contribution is -0.137. The smallest absolute Gasteiger partial charge is 0.418 e. The first-order valence-electron chi connectivity index (χ1n) is 10.4. The molecule has 2 heterocycles. The van der Waals surface area contributed by atoms with Crippen LogP contribution in [0.3, 0.4) is 0 Å². The highest BCUT2D eigenvalue weighted by molar-refractivity contribution is 7.70. The third-order valence-corrected chi connectivity index (χ3v) is 6.36. The molecule has 2 N–H and O–H groups in total. The number of fused-ring (bicyclic) bond motifs is 5. The molecule has 0 radical (unpaired) electrons. The Hall–Kier alpha value is -2.87. The van der Waals surface area contributed by atoms with Crippen LogP contribution in [0.15, 0.2) is 30.3 Å². The van der Waals surface area contributed by atoms with Crippen LogP contribution in [-0.2, 0) is 17.3 Å². The van der Waals surface area contributed by atoms with Crippen molar-refractivity contribution in [1.82, 2.24) is 9.97 Å². The third-order valence-electron chi connectivity index (χ3n) is 4.86. The minimum absolute atomic E-state index is 0.00370. The van der Waals surface area contributed by atoms with E-state index < -0.39 is 24.7 Å². The van der Waals surface area contributed by atoms with Gasteiger partial charge in [0.2, 0.25) is 0 Å². The lowest BCUT2D eigenvalue weighted by Gasteiger charge is -2.18. The molecular weight excluding hydrogens is 459 g/mol. The molecule has 1 aliphatic rings. The van der Waals surface area contributed by atoms with Crippen LogP contribution in [0, 0.1) is 5.82 Å². The van der Waals surface area contributed by atoms with Crippen molar-refractivity contribution in [3.63, 3.8) is 0 Å². The number of benzene rings is 2. The van der Waals surface area contributed by atoms with Crippen LogP contribution >= 0.6 is 7.14 Å². The SMILES string of the molecule is CC.CP(C)(=O)c1cc2c3nc(nc2cc1F)OCCNc1c(cccc1C(F)(F)F)CN3. The van der Waals surface area contributed by atoms with E-state index in [4.69, 9.17) is 4.74 Å². The number of rotatable bonds is 1. The monoisotopic (exact) mass is 484 g/mol. The maximum atomic E-state index is 14.5. The van der Waals surface area contributed by atoms with Gasteiger partial charge < -0.3 is 19.9 Å². The molecule has 1 aromatic heterocycles. The number of aromatic nitrogens is 2. The van der Waals surface area contributed by atoms with Crippen LogP contribution in [0.25, 0.3) is 10.9 Å². The van der Waals surface area contributed by atoms with Crippen molar-refractivity contribution in [3.05, 3.63) is 47.3 Å². The highest BCUT2D eigenvalue weighted by atomic mass is 31.2. The zero-order chi connectivity index (χ0) is 24.4. The summed E-state index contributed by atoms with van der Waals surface area (Å²) >= 11 is 0. The molecule has 11 heteroatoms. The molecule has 0 saturated heterocycles. The van der Waals surface area contributed by atoms with Crippen molar-refractivity contribution in [2.24, 2.45) is 0 Å². The van der Waals surface area contributed by atoms with Crippen molar-refractivity contribution in [2.75, 3.05) is 37.1 Å². The van der Waals surface area contributed by atoms with Gasteiger partial charge in [-0.15, -0.1) is 0 Å². The molecule has 0 aliphatic carbocycles. The van der Waals surface area contributed by atoms with E-state index in [0.29, 0.717) is 10.9 Å². The maximum Gasteiger partial charge on any atom is 0.418 e. The Kier molecular flexibility index (Phi) is 7.17. The van der Waals surface area contributed by atoms with Gasteiger partial charge in [-0.3, -0.25) is 0 Å². The van der Waals surface area contributed by atoms with E-state index in [0.717, 1.165) is 12.1 Å². The summed E-state index contributed by atoms with van der Waals surface area (Å²) in [5.41, 5.74) is -0.213. The third kappa shape index (κ3) is 5.38. The molecular formula is C22H25F4N4O2P. The van der Waals surface area contributed by atoms with E-state index in [9.17, 15) is 22.1 Å². The number of nitrogens with one attached hydrogen (secondary N) is 2. The molecule has 0 fully saturated rings. The molecule has 1 aliphatic heterocycles. The molecule has 0 unspecified atom stereocenters. The molecule has 0 atom stereocenters. The quantitative estimate of drug-likeness (QED) is 0.352. The number of hydrogen-bond donors (Lipinski definition) is 2. The average molecular weight is 484 g/mol. The Labute approximate surface area is 189 Å². The second kappa shape index (κ2) is 9.55. The fourth-order valence-corrected chi connectivity index (χ4v) is 4.44. The summed E-state index contributed by atoms with van der Waals surface area (Å²) in [5.74, 6) is -0.400. The van der Waals surface area contributed by atoms with Crippen LogP contribution in [0.4, 0.5) is 29.1 Å². The van der Waals surface area contributed by atoms with Crippen molar-refractivity contribution in [1.29, 1.82) is 0 Å². The van der Waals surface area contributed by atoms with E-state index >= 15 is 0 Å². The summed E-state index contributed by atoms with van der Waals surface area (Å²) in [6.07, 6.45) is -4.53. The summed E-state index contributed by atoms with van der Waals surface area (Å²) < 4.78 is 72.9. The van der Waals surface area contributed by atoms with Gasteiger partial charge in [0.05, 0.1) is 16.8 Å². The molecule has 2 bridgehead atoms. The number of anilines is 2. The van der Waals surface area contributed by atoms with Gasteiger partial charge >= 0.3 is 12.2 Å². The number of para-hydroxylation sites is 1. The van der Waals surface area contributed by atoms with E-state index in [-0.39, 0.29) is 48.0 Å².